The molecule has 2 heterocycles. The molecule has 0 aliphatic carbocycles. The number of aryl methyl sites for hydroxylation is 1. The standard InChI is InChI=1S/C20H17N7O2S/c1-2-18-22-23-20(30)26(18)21-12-15-13-25(16-6-4-3-5-7-16)24-19(15)14-8-10-17(11-9-14)27(28)29/h3-13H,2H2,1H3,(H,23,30)/b21-12+. The van der Waals surface area contributed by atoms with Crippen LogP contribution in [-0.4, -0.2) is 35.8 Å². The van der Waals surface area contributed by atoms with Gasteiger partial charge in [-0.25, -0.2) is 4.68 Å². The van der Waals surface area contributed by atoms with Crippen molar-refractivity contribution >= 4 is 24.1 Å². The number of para-hydroxylation sites is 1. The van der Waals surface area contributed by atoms with Gasteiger partial charge in [-0.2, -0.15) is 20.0 Å². The Morgan fingerprint density at radius 3 is 2.60 bits per heavy atom. The van der Waals surface area contributed by atoms with E-state index in [0.29, 0.717) is 22.7 Å². The van der Waals surface area contributed by atoms with Gasteiger partial charge in [0.15, 0.2) is 5.82 Å². The lowest BCUT2D eigenvalue weighted by molar-refractivity contribution is -0.384. The SMILES string of the molecule is CCc1n[nH]c(=S)n1/N=C/c1cn(-c2ccccc2)nc1-c1ccc([N+](=O)[O-])cc1. The number of H-pyrrole nitrogens is 1. The molecule has 1 N–H and O–H groups in total. The average Bonchev–Trinajstić information content (AvgIpc) is 3.36. The van der Waals surface area contributed by atoms with Crippen LogP contribution in [-0.2, 0) is 6.42 Å². The molecule has 4 rings (SSSR count). The highest BCUT2D eigenvalue weighted by Crippen LogP contribution is 2.25. The number of aromatic nitrogens is 5. The Bertz CT molecular complexity index is 1270. The van der Waals surface area contributed by atoms with Gasteiger partial charge in [0.2, 0.25) is 4.77 Å². The molecule has 10 heteroatoms. The zero-order chi connectivity index (χ0) is 21.1. The second kappa shape index (κ2) is 8.21. The van der Waals surface area contributed by atoms with Crippen LogP contribution in [0.25, 0.3) is 16.9 Å². The molecule has 0 unspecified atom stereocenters. The number of non-ortho nitro benzene ring substituents is 1. The predicted molar refractivity (Wildman–Crippen MR) is 115 cm³/mol. The first-order valence-electron chi connectivity index (χ1n) is 9.17. The second-order valence-electron chi connectivity index (χ2n) is 6.37. The van der Waals surface area contributed by atoms with E-state index in [1.54, 1.807) is 27.7 Å². The lowest BCUT2D eigenvalue weighted by Gasteiger charge is -2.00. The quantitative estimate of drug-likeness (QED) is 0.219. The highest BCUT2D eigenvalue weighted by atomic mass is 32.1. The first-order chi connectivity index (χ1) is 14.6. The van der Waals surface area contributed by atoms with E-state index in [2.05, 4.69) is 20.4 Å². The molecule has 0 saturated heterocycles. The third kappa shape index (κ3) is 3.80. The first-order valence-corrected chi connectivity index (χ1v) is 9.58. The van der Waals surface area contributed by atoms with Gasteiger partial charge < -0.3 is 0 Å². The molecule has 9 nitrogen and oxygen atoms in total. The van der Waals surface area contributed by atoms with E-state index in [1.165, 1.54) is 12.1 Å². The van der Waals surface area contributed by atoms with E-state index >= 15 is 0 Å². The van der Waals surface area contributed by atoms with Crippen molar-refractivity contribution in [1.82, 2.24) is 24.7 Å². The summed E-state index contributed by atoms with van der Waals surface area (Å²) in [4.78, 5) is 10.5. The summed E-state index contributed by atoms with van der Waals surface area (Å²) >= 11 is 5.25. The molecule has 150 valence electrons. The van der Waals surface area contributed by atoms with Crippen molar-refractivity contribution in [2.24, 2.45) is 5.10 Å². The van der Waals surface area contributed by atoms with Gasteiger partial charge in [0.05, 0.1) is 16.8 Å². The molecule has 0 fully saturated rings. The number of aromatic amines is 1. The van der Waals surface area contributed by atoms with Gasteiger partial charge in [-0.15, -0.1) is 0 Å². The zero-order valence-electron chi connectivity index (χ0n) is 16.0. The van der Waals surface area contributed by atoms with Crippen LogP contribution < -0.4 is 0 Å². The molecule has 0 atom stereocenters. The molecular weight excluding hydrogens is 402 g/mol. The van der Waals surface area contributed by atoms with Crippen molar-refractivity contribution in [2.45, 2.75) is 13.3 Å². The van der Waals surface area contributed by atoms with Crippen LogP contribution in [0.3, 0.4) is 0 Å². The Hall–Kier alpha value is -3.92. The van der Waals surface area contributed by atoms with E-state index in [1.807, 2.05) is 43.5 Å². The minimum absolute atomic E-state index is 0.0220. The van der Waals surface area contributed by atoms with Gasteiger partial charge in [-0.3, -0.25) is 15.2 Å². The van der Waals surface area contributed by atoms with Crippen molar-refractivity contribution in [3.63, 3.8) is 0 Å². The Kier molecular flexibility index (Phi) is 5.31. The summed E-state index contributed by atoms with van der Waals surface area (Å²) in [7, 11) is 0. The predicted octanol–water partition coefficient (Wildman–Crippen LogP) is 4.15. The molecule has 4 aromatic rings. The lowest BCUT2D eigenvalue weighted by Crippen LogP contribution is -1.97. The van der Waals surface area contributed by atoms with Crippen LogP contribution in [0.1, 0.15) is 18.3 Å². The van der Waals surface area contributed by atoms with Crippen molar-refractivity contribution < 1.29 is 4.92 Å². The monoisotopic (exact) mass is 419 g/mol. The molecule has 0 aliphatic heterocycles. The van der Waals surface area contributed by atoms with Gasteiger partial charge >= 0.3 is 0 Å². The number of nitrogens with zero attached hydrogens (tertiary/aromatic N) is 6. The van der Waals surface area contributed by atoms with Gasteiger partial charge in [0.25, 0.3) is 5.69 Å². The van der Waals surface area contributed by atoms with E-state index < -0.39 is 4.92 Å². The maximum Gasteiger partial charge on any atom is 0.269 e. The maximum atomic E-state index is 11.0. The van der Waals surface area contributed by atoms with Crippen molar-refractivity contribution in [3.05, 3.63) is 87.1 Å². The Morgan fingerprint density at radius 1 is 1.20 bits per heavy atom. The Labute approximate surface area is 176 Å². The van der Waals surface area contributed by atoms with Crippen LogP contribution in [0, 0.1) is 14.9 Å². The number of hydrogen-bond donors (Lipinski definition) is 1. The van der Waals surface area contributed by atoms with E-state index in [9.17, 15) is 10.1 Å². The molecule has 2 aromatic heterocycles. The summed E-state index contributed by atoms with van der Waals surface area (Å²) in [6.07, 6.45) is 4.18. The summed E-state index contributed by atoms with van der Waals surface area (Å²) < 4.78 is 3.71. The Morgan fingerprint density at radius 2 is 1.93 bits per heavy atom. The number of hydrogen-bond acceptors (Lipinski definition) is 6. The fourth-order valence-electron chi connectivity index (χ4n) is 2.95. The van der Waals surface area contributed by atoms with E-state index in [-0.39, 0.29) is 5.69 Å². The zero-order valence-corrected chi connectivity index (χ0v) is 16.8. The fraction of sp³-hybridized carbons (Fsp3) is 0.100. The summed E-state index contributed by atoms with van der Waals surface area (Å²) in [6, 6.07) is 15.9. The molecular formula is C20H17N7O2S. The third-order valence-corrected chi connectivity index (χ3v) is 4.73. The minimum atomic E-state index is -0.429. The van der Waals surface area contributed by atoms with Crippen LogP contribution in [0.5, 0.6) is 0 Å². The lowest BCUT2D eigenvalue weighted by atomic mass is 10.1. The highest BCUT2D eigenvalue weighted by molar-refractivity contribution is 7.71. The average molecular weight is 419 g/mol. The van der Waals surface area contributed by atoms with Crippen LogP contribution >= 0.6 is 12.2 Å². The number of rotatable bonds is 6. The van der Waals surface area contributed by atoms with E-state index in [4.69, 9.17) is 12.2 Å². The van der Waals surface area contributed by atoms with Gasteiger partial charge in [0.1, 0.15) is 5.69 Å². The molecule has 0 amide bonds. The smallest absolute Gasteiger partial charge is 0.258 e. The topological polar surface area (TPSA) is 107 Å². The number of nitro groups is 1. The summed E-state index contributed by atoms with van der Waals surface area (Å²) in [5.74, 6) is 0.712. The van der Waals surface area contributed by atoms with Gasteiger partial charge in [0, 0.05) is 35.9 Å². The van der Waals surface area contributed by atoms with Gasteiger partial charge in [-0.05, 0) is 36.5 Å². The Balaban J connectivity index is 1.80. The largest absolute Gasteiger partial charge is 0.269 e. The molecule has 2 aromatic carbocycles. The van der Waals surface area contributed by atoms with Crippen LogP contribution in [0.15, 0.2) is 65.9 Å². The molecule has 0 bridgehead atoms. The maximum absolute atomic E-state index is 11.0. The van der Waals surface area contributed by atoms with Crippen molar-refractivity contribution in [3.8, 4) is 16.9 Å². The first kappa shape index (κ1) is 19.4. The molecule has 0 saturated carbocycles. The van der Waals surface area contributed by atoms with Crippen molar-refractivity contribution in [1.29, 1.82) is 0 Å². The molecule has 30 heavy (non-hydrogen) atoms. The summed E-state index contributed by atoms with van der Waals surface area (Å²) in [6.45, 7) is 1.96. The molecule has 0 aliphatic rings. The second-order valence-corrected chi connectivity index (χ2v) is 6.76. The molecule has 0 spiro atoms. The third-order valence-electron chi connectivity index (χ3n) is 4.46. The highest BCUT2D eigenvalue weighted by Gasteiger charge is 2.13. The van der Waals surface area contributed by atoms with Crippen molar-refractivity contribution in [2.75, 3.05) is 0 Å². The summed E-state index contributed by atoms with van der Waals surface area (Å²) in [5, 5.41) is 27.0. The normalized spacial score (nSPS) is 11.2. The fourth-order valence-corrected chi connectivity index (χ4v) is 3.15. The number of nitrogens with one attached hydrogen (secondary N) is 1. The minimum Gasteiger partial charge on any atom is -0.258 e. The van der Waals surface area contributed by atoms with E-state index in [0.717, 1.165) is 16.8 Å². The number of benzene rings is 2. The molecule has 0 radical (unpaired) electrons. The number of nitro benzene ring substituents is 1. The summed E-state index contributed by atoms with van der Waals surface area (Å²) in [5.41, 5.74) is 3.02. The van der Waals surface area contributed by atoms with Crippen LogP contribution in [0.2, 0.25) is 0 Å². The van der Waals surface area contributed by atoms with Gasteiger partial charge in [-0.1, -0.05) is 25.1 Å². The van der Waals surface area contributed by atoms with Crippen LogP contribution in [0.4, 0.5) is 5.69 Å².